The average Bonchev–Trinajstić information content (AvgIpc) is 2.59. The summed E-state index contributed by atoms with van der Waals surface area (Å²) in [5.74, 6) is 0.871. The van der Waals surface area contributed by atoms with Gasteiger partial charge in [-0.3, -0.25) is 4.98 Å². The Balaban J connectivity index is 2.14. The standard InChI is InChI=1S/C12H16N4/c1-9-8-16(3)12(14-9)15-10(2)11-6-4-5-7-13-11/h4-8,10H,1-3H3,(H,14,15). The molecule has 0 amide bonds. The van der Waals surface area contributed by atoms with Crippen LogP contribution in [-0.2, 0) is 7.05 Å². The van der Waals surface area contributed by atoms with Crippen molar-refractivity contribution in [3.8, 4) is 0 Å². The molecule has 0 aliphatic rings. The molecule has 2 aromatic rings. The Labute approximate surface area is 95.4 Å². The number of anilines is 1. The fourth-order valence-corrected chi connectivity index (χ4v) is 1.65. The molecule has 1 unspecified atom stereocenters. The van der Waals surface area contributed by atoms with E-state index in [0.717, 1.165) is 17.3 Å². The molecular formula is C12H16N4. The van der Waals surface area contributed by atoms with Crippen molar-refractivity contribution in [2.45, 2.75) is 19.9 Å². The molecule has 1 N–H and O–H groups in total. The van der Waals surface area contributed by atoms with Gasteiger partial charge in [-0.15, -0.1) is 0 Å². The third kappa shape index (κ3) is 2.21. The van der Waals surface area contributed by atoms with E-state index in [1.807, 2.05) is 42.9 Å². The topological polar surface area (TPSA) is 42.7 Å². The maximum atomic E-state index is 4.40. The lowest BCUT2D eigenvalue weighted by molar-refractivity contribution is 0.797. The van der Waals surface area contributed by atoms with Gasteiger partial charge in [0, 0.05) is 19.4 Å². The molecule has 0 fully saturated rings. The summed E-state index contributed by atoms with van der Waals surface area (Å²) in [5, 5.41) is 3.34. The monoisotopic (exact) mass is 216 g/mol. The highest BCUT2D eigenvalue weighted by molar-refractivity contribution is 5.31. The molecule has 0 saturated heterocycles. The molecule has 2 heterocycles. The smallest absolute Gasteiger partial charge is 0.203 e. The Bertz CT molecular complexity index is 461. The van der Waals surface area contributed by atoms with Crippen LogP contribution in [-0.4, -0.2) is 14.5 Å². The fraction of sp³-hybridized carbons (Fsp3) is 0.333. The lowest BCUT2D eigenvalue weighted by Crippen LogP contribution is -2.11. The molecule has 0 aliphatic carbocycles. The number of aryl methyl sites for hydroxylation is 2. The van der Waals surface area contributed by atoms with Crippen molar-refractivity contribution in [1.29, 1.82) is 0 Å². The summed E-state index contributed by atoms with van der Waals surface area (Å²) >= 11 is 0. The Hall–Kier alpha value is -1.84. The highest BCUT2D eigenvalue weighted by atomic mass is 15.2. The maximum Gasteiger partial charge on any atom is 0.203 e. The van der Waals surface area contributed by atoms with Crippen LogP contribution in [0.5, 0.6) is 0 Å². The van der Waals surface area contributed by atoms with Gasteiger partial charge in [0.2, 0.25) is 5.95 Å². The van der Waals surface area contributed by atoms with E-state index in [2.05, 4.69) is 22.2 Å². The molecule has 4 heteroatoms. The van der Waals surface area contributed by atoms with Gasteiger partial charge in [0.25, 0.3) is 0 Å². The molecule has 2 aromatic heterocycles. The van der Waals surface area contributed by atoms with Gasteiger partial charge in [-0.25, -0.2) is 4.98 Å². The maximum absolute atomic E-state index is 4.40. The molecule has 16 heavy (non-hydrogen) atoms. The summed E-state index contributed by atoms with van der Waals surface area (Å²) < 4.78 is 1.98. The number of aromatic nitrogens is 3. The number of pyridine rings is 1. The van der Waals surface area contributed by atoms with Crippen LogP contribution in [0.1, 0.15) is 24.4 Å². The number of nitrogens with zero attached hydrogens (tertiary/aromatic N) is 3. The van der Waals surface area contributed by atoms with Crippen LogP contribution in [0.15, 0.2) is 30.6 Å². The predicted molar refractivity (Wildman–Crippen MR) is 64.2 cm³/mol. The van der Waals surface area contributed by atoms with Crippen molar-refractivity contribution in [2.24, 2.45) is 7.05 Å². The first-order valence-corrected chi connectivity index (χ1v) is 5.34. The molecule has 84 valence electrons. The molecule has 0 aliphatic heterocycles. The van der Waals surface area contributed by atoms with Gasteiger partial charge in [-0.2, -0.15) is 0 Å². The van der Waals surface area contributed by atoms with E-state index in [0.29, 0.717) is 0 Å². The van der Waals surface area contributed by atoms with Gasteiger partial charge in [0.05, 0.1) is 17.4 Å². The van der Waals surface area contributed by atoms with Crippen molar-refractivity contribution in [3.63, 3.8) is 0 Å². The third-order valence-electron chi connectivity index (χ3n) is 2.47. The molecule has 0 aromatic carbocycles. The highest BCUT2D eigenvalue weighted by Gasteiger charge is 2.09. The average molecular weight is 216 g/mol. The Morgan fingerprint density at radius 3 is 2.75 bits per heavy atom. The van der Waals surface area contributed by atoms with Crippen molar-refractivity contribution < 1.29 is 0 Å². The molecular weight excluding hydrogens is 200 g/mol. The number of nitrogens with one attached hydrogen (secondary N) is 1. The van der Waals surface area contributed by atoms with Gasteiger partial charge >= 0.3 is 0 Å². The van der Waals surface area contributed by atoms with Crippen molar-refractivity contribution in [2.75, 3.05) is 5.32 Å². The lowest BCUT2D eigenvalue weighted by atomic mass is 10.2. The van der Waals surface area contributed by atoms with Crippen LogP contribution in [0.2, 0.25) is 0 Å². The third-order valence-corrected chi connectivity index (χ3v) is 2.47. The van der Waals surface area contributed by atoms with Crippen LogP contribution in [0.4, 0.5) is 5.95 Å². The summed E-state index contributed by atoms with van der Waals surface area (Å²) in [7, 11) is 1.98. The second-order valence-corrected chi connectivity index (χ2v) is 3.94. The summed E-state index contributed by atoms with van der Waals surface area (Å²) in [6.45, 7) is 4.06. The van der Waals surface area contributed by atoms with E-state index in [4.69, 9.17) is 0 Å². The zero-order valence-corrected chi connectivity index (χ0v) is 9.81. The van der Waals surface area contributed by atoms with Crippen LogP contribution in [0, 0.1) is 6.92 Å². The summed E-state index contributed by atoms with van der Waals surface area (Å²) in [6.07, 6.45) is 3.80. The first-order chi connectivity index (χ1) is 7.66. The quantitative estimate of drug-likeness (QED) is 0.856. The molecule has 0 bridgehead atoms. The van der Waals surface area contributed by atoms with Crippen LogP contribution >= 0.6 is 0 Å². The summed E-state index contributed by atoms with van der Waals surface area (Å²) in [5.41, 5.74) is 2.03. The first-order valence-electron chi connectivity index (χ1n) is 5.34. The van der Waals surface area contributed by atoms with Gasteiger partial charge in [-0.1, -0.05) is 6.07 Å². The van der Waals surface area contributed by atoms with Crippen molar-refractivity contribution in [3.05, 3.63) is 42.0 Å². The van der Waals surface area contributed by atoms with Gasteiger partial charge < -0.3 is 9.88 Å². The molecule has 0 spiro atoms. The minimum Gasteiger partial charge on any atom is -0.348 e. The molecule has 0 saturated carbocycles. The van der Waals surface area contributed by atoms with Crippen molar-refractivity contribution in [1.82, 2.24) is 14.5 Å². The van der Waals surface area contributed by atoms with E-state index >= 15 is 0 Å². The van der Waals surface area contributed by atoms with Gasteiger partial charge in [0.1, 0.15) is 0 Å². The second-order valence-electron chi connectivity index (χ2n) is 3.94. The number of rotatable bonds is 3. The summed E-state index contributed by atoms with van der Waals surface area (Å²) in [6, 6.07) is 6.07. The fourth-order valence-electron chi connectivity index (χ4n) is 1.65. The van der Waals surface area contributed by atoms with Gasteiger partial charge in [0.15, 0.2) is 0 Å². The number of hydrogen-bond acceptors (Lipinski definition) is 3. The molecule has 4 nitrogen and oxygen atoms in total. The van der Waals surface area contributed by atoms with E-state index in [1.165, 1.54) is 0 Å². The number of imidazole rings is 1. The minimum absolute atomic E-state index is 0.154. The normalized spacial score (nSPS) is 12.4. The molecule has 1 atom stereocenters. The summed E-state index contributed by atoms with van der Waals surface area (Å²) in [4.78, 5) is 8.71. The van der Waals surface area contributed by atoms with E-state index < -0.39 is 0 Å². The first kappa shape index (κ1) is 10.7. The van der Waals surface area contributed by atoms with Crippen LogP contribution in [0.25, 0.3) is 0 Å². The Kier molecular flexibility index (Phi) is 2.90. The molecule has 2 rings (SSSR count). The van der Waals surface area contributed by atoms with E-state index in [1.54, 1.807) is 6.20 Å². The highest BCUT2D eigenvalue weighted by Crippen LogP contribution is 2.15. The van der Waals surface area contributed by atoms with Crippen LogP contribution in [0.3, 0.4) is 0 Å². The SMILES string of the molecule is Cc1cn(C)c(NC(C)c2ccccn2)n1. The zero-order valence-electron chi connectivity index (χ0n) is 9.81. The van der Waals surface area contributed by atoms with Gasteiger partial charge in [-0.05, 0) is 26.0 Å². The van der Waals surface area contributed by atoms with E-state index in [-0.39, 0.29) is 6.04 Å². The lowest BCUT2D eigenvalue weighted by Gasteiger charge is -2.13. The van der Waals surface area contributed by atoms with Crippen molar-refractivity contribution >= 4 is 5.95 Å². The molecule has 0 radical (unpaired) electrons. The number of hydrogen-bond donors (Lipinski definition) is 1. The second kappa shape index (κ2) is 4.35. The zero-order chi connectivity index (χ0) is 11.5. The van der Waals surface area contributed by atoms with E-state index in [9.17, 15) is 0 Å². The van der Waals surface area contributed by atoms with Crippen LogP contribution < -0.4 is 5.32 Å². The largest absolute Gasteiger partial charge is 0.348 e. The minimum atomic E-state index is 0.154. The Morgan fingerprint density at radius 1 is 1.38 bits per heavy atom. The predicted octanol–water partition coefficient (Wildman–Crippen LogP) is 2.30. The Morgan fingerprint density at radius 2 is 2.19 bits per heavy atom.